The molecule has 1 rings (SSSR count). The Morgan fingerprint density at radius 2 is 1.94 bits per heavy atom. The molecular weight excluding hydrogens is 224 g/mol. The highest BCUT2D eigenvalue weighted by Crippen LogP contribution is 2.26. The Hall–Kier alpha value is -0.130. The molecule has 0 radical (unpaired) electrons. The normalized spacial score (nSPS) is 32.9. The number of sulfonamides is 1. The van der Waals surface area contributed by atoms with E-state index in [2.05, 4.69) is 25.7 Å². The zero-order valence-electron chi connectivity index (χ0n) is 10.5. The molecule has 0 aliphatic carbocycles. The first-order valence-corrected chi connectivity index (χ1v) is 7.75. The van der Waals surface area contributed by atoms with Crippen LogP contribution in [0.25, 0.3) is 0 Å². The van der Waals surface area contributed by atoms with Crippen LogP contribution in [0.3, 0.4) is 0 Å². The molecule has 0 amide bonds. The molecule has 0 spiro atoms. The van der Waals surface area contributed by atoms with Crippen LogP contribution in [-0.2, 0) is 10.0 Å². The van der Waals surface area contributed by atoms with E-state index in [-0.39, 0.29) is 5.75 Å². The maximum atomic E-state index is 10.8. The fourth-order valence-corrected chi connectivity index (χ4v) is 3.13. The number of hydrogen-bond acceptors (Lipinski definition) is 3. The van der Waals surface area contributed by atoms with E-state index in [1.165, 1.54) is 6.42 Å². The van der Waals surface area contributed by atoms with Gasteiger partial charge in [0.15, 0.2) is 0 Å². The van der Waals surface area contributed by atoms with Crippen LogP contribution in [0.15, 0.2) is 0 Å². The summed E-state index contributed by atoms with van der Waals surface area (Å²) >= 11 is 0. The molecule has 0 saturated carbocycles. The summed E-state index contributed by atoms with van der Waals surface area (Å²) < 4.78 is 21.7. The van der Waals surface area contributed by atoms with Crippen molar-refractivity contribution in [3.05, 3.63) is 0 Å². The lowest BCUT2D eigenvalue weighted by atomic mass is 9.86. The fourth-order valence-electron chi connectivity index (χ4n) is 2.60. The average molecular weight is 248 g/mol. The van der Waals surface area contributed by atoms with Crippen molar-refractivity contribution in [2.45, 2.75) is 39.7 Å². The van der Waals surface area contributed by atoms with Gasteiger partial charge in [-0.2, -0.15) is 0 Å². The number of rotatable bonds is 4. The number of nitrogens with zero attached hydrogens (tertiary/aromatic N) is 1. The van der Waals surface area contributed by atoms with E-state index < -0.39 is 10.0 Å². The topological polar surface area (TPSA) is 63.4 Å². The highest BCUT2D eigenvalue weighted by Gasteiger charge is 2.28. The van der Waals surface area contributed by atoms with Crippen LogP contribution >= 0.6 is 0 Å². The third-order valence-electron chi connectivity index (χ3n) is 3.59. The van der Waals surface area contributed by atoms with Crippen LogP contribution < -0.4 is 5.14 Å². The Kier molecular flexibility index (Phi) is 4.76. The number of primary sulfonamides is 1. The van der Waals surface area contributed by atoms with Gasteiger partial charge in [-0.05, 0) is 38.1 Å². The molecule has 3 atom stereocenters. The lowest BCUT2D eigenvalue weighted by molar-refractivity contribution is 0.0802. The molecule has 0 aromatic carbocycles. The van der Waals surface area contributed by atoms with Crippen LogP contribution in [0.1, 0.15) is 33.6 Å². The minimum Gasteiger partial charge on any atom is -0.300 e. The van der Waals surface area contributed by atoms with Crippen molar-refractivity contribution < 1.29 is 8.42 Å². The summed E-state index contributed by atoms with van der Waals surface area (Å²) in [7, 11) is -3.30. The van der Waals surface area contributed by atoms with E-state index in [1.807, 2.05) is 0 Å². The third kappa shape index (κ3) is 4.39. The van der Waals surface area contributed by atoms with E-state index in [0.717, 1.165) is 13.1 Å². The number of nitrogens with two attached hydrogens (primary N) is 1. The standard InChI is InChI=1S/C11H24N2O2S/c1-9-7-10(2)11(3)13(8-9)5-4-6-16(12,14)15/h9-11H,4-8H2,1-3H3,(H2,12,14,15). The van der Waals surface area contributed by atoms with Gasteiger partial charge in [-0.25, -0.2) is 13.6 Å². The quantitative estimate of drug-likeness (QED) is 0.808. The van der Waals surface area contributed by atoms with Gasteiger partial charge in [0.05, 0.1) is 5.75 Å². The predicted molar refractivity (Wildman–Crippen MR) is 66.6 cm³/mol. The molecule has 1 fully saturated rings. The molecule has 0 bridgehead atoms. The highest BCUT2D eigenvalue weighted by molar-refractivity contribution is 7.89. The molecule has 0 aromatic heterocycles. The van der Waals surface area contributed by atoms with Gasteiger partial charge in [0.1, 0.15) is 0 Å². The summed E-state index contributed by atoms with van der Waals surface area (Å²) in [6.07, 6.45) is 1.91. The fraction of sp³-hybridized carbons (Fsp3) is 1.00. The van der Waals surface area contributed by atoms with Gasteiger partial charge in [-0.1, -0.05) is 13.8 Å². The van der Waals surface area contributed by atoms with Gasteiger partial charge in [0.2, 0.25) is 10.0 Å². The van der Waals surface area contributed by atoms with Crippen molar-refractivity contribution in [1.82, 2.24) is 4.90 Å². The van der Waals surface area contributed by atoms with Crippen molar-refractivity contribution >= 4 is 10.0 Å². The Balaban J connectivity index is 2.40. The van der Waals surface area contributed by atoms with Crippen LogP contribution in [0.2, 0.25) is 0 Å². The van der Waals surface area contributed by atoms with Crippen LogP contribution in [0.4, 0.5) is 0 Å². The molecule has 1 aliphatic heterocycles. The van der Waals surface area contributed by atoms with Gasteiger partial charge in [-0.3, -0.25) is 0 Å². The zero-order valence-corrected chi connectivity index (χ0v) is 11.3. The maximum absolute atomic E-state index is 10.8. The largest absolute Gasteiger partial charge is 0.300 e. The lowest BCUT2D eigenvalue weighted by Gasteiger charge is -2.41. The summed E-state index contributed by atoms with van der Waals surface area (Å²) in [5.74, 6) is 1.50. The summed E-state index contributed by atoms with van der Waals surface area (Å²) in [4.78, 5) is 2.39. The first kappa shape index (κ1) is 13.9. The second-order valence-electron chi connectivity index (χ2n) is 5.27. The number of likely N-dealkylation sites (tertiary alicyclic amines) is 1. The molecule has 1 saturated heterocycles. The molecule has 5 heteroatoms. The molecule has 4 nitrogen and oxygen atoms in total. The first-order chi connectivity index (χ1) is 7.29. The Bertz CT molecular complexity index is 316. The number of hydrogen-bond donors (Lipinski definition) is 1. The Labute approximate surface area is 99.2 Å². The van der Waals surface area contributed by atoms with E-state index in [1.54, 1.807) is 0 Å². The van der Waals surface area contributed by atoms with E-state index >= 15 is 0 Å². The summed E-state index contributed by atoms with van der Waals surface area (Å²) in [6, 6.07) is 0.552. The highest BCUT2D eigenvalue weighted by atomic mass is 32.2. The Morgan fingerprint density at radius 3 is 2.50 bits per heavy atom. The molecular formula is C11H24N2O2S. The van der Waals surface area contributed by atoms with Crippen LogP contribution in [-0.4, -0.2) is 38.2 Å². The van der Waals surface area contributed by atoms with Gasteiger partial charge < -0.3 is 4.90 Å². The average Bonchev–Trinajstić information content (AvgIpc) is 2.11. The zero-order chi connectivity index (χ0) is 12.3. The van der Waals surface area contributed by atoms with Gasteiger partial charge >= 0.3 is 0 Å². The van der Waals surface area contributed by atoms with Crippen molar-refractivity contribution in [1.29, 1.82) is 0 Å². The van der Waals surface area contributed by atoms with E-state index in [0.29, 0.717) is 24.3 Å². The molecule has 0 aromatic rings. The van der Waals surface area contributed by atoms with Crippen molar-refractivity contribution in [2.24, 2.45) is 17.0 Å². The lowest BCUT2D eigenvalue weighted by Crippen LogP contribution is -2.46. The summed E-state index contributed by atoms with van der Waals surface area (Å²) in [5.41, 5.74) is 0. The van der Waals surface area contributed by atoms with Crippen molar-refractivity contribution in [3.8, 4) is 0 Å². The van der Waals surface area contributed by atoms with Gasteiger partial charge in [0.25, 0.3) is 0 Å². The summed E-state index contributed by atoms with van der Waals surface area (Å²) in [6.45, 7) is 8.68. The van der Waals surface area contributed by atoms with Crippen molar-refractivity contribution in [2.75, 3.05) is 18.8 Å². The molecule has 1 aliphatic rings. The first-order valence-electron chi connectivity index (χ1n) is 6.04. The number of piperidine rings is 1. The molecule has 16 heavy (non-hydrogen) atoms. The summed E-state index contributed by atoms with van der Waals surface area (Å²) in [5, 5.41) is 4.99. The SMILES string of the molecule is CC1CC(C)C(C)N(CCCS(N)(=O)=O)C1. The Morgan fingerprint density at radius 1 is 1.31 bits per heavy atom. The van der Waals surface area contributed by atoms with E-state index in [9.17, 15) is 8.42 Å². The minimum atomic E-state index is -3.30. The minimum absolute atomic E-state index is 0.0962. The van der Waals surface area contributed by atoms with Crippen molar-refractivity contribution in [3.63, 3.8) is 0 Å². The van der Waals surface area contributed by atoms with Crippen LogP contribution in [0.5, 0.6) is 0 Å². The third-order valence-corrected chi connectivity index (χ3v) is 4.45. The monoisotopic (exact) mass is 248 g/mol. The van der Waals surface area contributed by atoms with Gasteiger partial charge in [-0.15, -0.1) is 0 Å². The maximum Gasteiger partial charge on any atom is 0.209 e. The predicted octanol–water partition coefficient (Wildman–Crippen LogP) is 1.03. The smallest absolute Gasteiger partial charge is 0.209 e. The van der Waals surface area contributed by atoms with Crippen LogP contribution in [0, 0.1) is 11.8 Å². The van der Waals surface area contributed by atoms with E-state index in [4.69, 9.17) is 5.14 Å². The molecule has 2 N–H and O–H groups in total. The molecule has 3 unspecified atom stereocenters. The molecule has 96 valence electrons. The molecule has 1 heterocycles. The van der Waals surface area contributed by atoms with Gasteiger partial charge in [0, 0.05) is 12.6 Å². The second-order valence-corrected chi connectivity index (χ2v) is 7.01. The second kappa shape index (κ2) is 5.47.